The molecule has 3 rings (SSSR count). The van der Waals surface area contributed by atoms with E-state index in [4.69, 9.17) is 9.47 Å². The fraction of sp³-hybridized carbons (Fsp3) is 0.423. The summed E-state index contributed by atoms with van der Waals surface area (Å²) >= 11 is 0. The normalized spacial score (nSPS) is 14.8. The number of hydrogen-bond donors (Lipinski definition) is 0. The zero-order valence-corrected chi connectivity index (χ0v) is 18.7. The lowest BCUT2D eigenvalue weighted by Crippen LogP contribution is -2.33. The van der Waals surface area contributed by atoms with Crippen LogP contribution in [0.3, 0.4) is 0 Å². The number of ketones is 1. The van der Waals surface area contributed by atoms with E-state index in [9.17, 15) is 4.79 Å². The van der Waals surface area contributed by atoms with Crippen LogP contribution in [0.4, 0.5) is 0 Å². The Balaban J connectivity index is 1.64. The molecule has 2 aromatic carbocycles. The minimum absolute atomic E-state index is 0.00344. The van der Waals surface area contributed by atoms with Gasteiger partial charge in [0.15, 0.2) is 5.78 Å². The van der Waals surface area contributed by atoms with Crippen LogP contribution in [0, 0.1) is 20.8 Å². The Bertz CT molecular complexity index is 887. The number of rotatable bonds is 8. The van der Waals surface area contributed by atoms with Gasteiger partial charge in [0.05, 0.1) is 7.11 Å². The second kappa shape index (κ2) is 10.4. The number of nitrogens with zero attached hydrogens (tertiary/aromatic N) is 1. The van der Waals surface area contributed by atoms with Crippen molar-refractivity contribution in [2.24, 2.45) is 0 Å². The van der Waals surface area contributed by atoms with Gasteiger partial charge in [0.25, 0.3) is 0 Å². The Hall–Kier alpha value is -2.59. The molecule has 0 unspecified atom stereocenters. The van der Waals surface area contributed by atoms with Crippen LogP contribution in [-0.2, 0) is 0 Å². The minimum atomic E-state index is -0.00344. The predicted molar refractivity (Wildman–Crippen MR) is 123 cm³/mol. The molecule has 0 bridgehead atoms. The molecule has 160 valence electrons. The fourth-order valence-electron chi connectivity index (χ4n) is 4.00. The monoisotopic (exact) mass is 407 g/mol. The molecule has 1 saturated heterocycles. The SMILES string of the molecule is COc1ccc(C=CC(=O)c2cc(C)c(OCCN3CCCCC3)c(C)c2)c(C)c1. The highest BCUT2D eigenvalue weighted by molar-refractivity contribution is 6.07. The van der Waals surface area contributed by atoms with Crippen LogP contribution in [-0.4, -0.2) is 44.0 Å². The first-order valence-electron chi connectivity index (χ1n) is 10.8. The zero-order valence-electron chi connectivity index (χ0n) is 18.7. The Labute approximate surface area is 180 Å². The van der Waals surface area contributed by atoms with E-state index in [0.29, 0.717) is 12.2 Å². The van der Waals surface area contributed by atoms with E-state index >= 15 is 0 Å². The summed E-state index contributed by atoms with van der Waals surface area (Å²) in [5.41, 5.74) is 4.78. The van der Waals surface area contributed by atoms with Crippen molar-refractivity contribution in [3.8, 4) is 11.5 Å². The van der Waals surface area contributed by atoms with Gasteiger partial charge in [-0.1, -0.05) is 18.6 Å². The summed E-state index contributed by atoms with van der Waals surface area (Å²) in [6.45, 7) is 10.0. The third-order valence-electron chi connectivity index (χ3n) is 5.74. The molecule has 0 aromatic heterocycles. The number of carbonyl (C=O) groups excluding carboxylic acids is 1. The van der Waals surface area contributed by atoms with Crippen LogP contribution in [0.15, 0.2) is 36.4 Å². The largest absolute Gasteiger partial charge is 0.497 e. The third-order valence-corrected chi connectivity index (χ3v) is 5.74. The highest BCUT2D eigenvalue weighted by atomic mass is 16.5. The van der Waals surface area contributed by atoms with Crippen LogP contribution < -0.4 is 9.47 Å². The lowest BCUT2D eigenvalue weighted by atomic mass is 10.0. The van der Waals surface area contributed by atoms with E-state index in [2.05, 4.69) is 4.90 Å². The van der Waals surface area contributed by atoms with Gasteiger partial charge in [0, 0.05) is 12.1 Å². The molecular formula is C26H33NO3. The van der Waals surface area contributed by atoms with Gasteiger partial charge in [-0.25, -0.2) is 0 Å². The first kappa shape index (κ1) is 22.1. The first-order valence-corrected chi connectivity index (χ1v) is 10.8. The molecule has 1 fully saturated rings. The molecule has 1 aliphatic heterocycles. The van der Waals surface area contributed by atoms with Gasteiger partial charge in [0.1, 0.15) is 18.1 Å². The molecule has 0 spiro atoms. The molecule has 1 aliphatic rings. The third kappa shape index (κ3) is 5.73. The lowest BCUT2D eigenvalue weighted by Gasteiger charge is -2.26. The molecule has 0 N–H and O–H groups in total. The second-order valence-corrected chi connectivity index (χ2v) is 8.11. The number of methoxy groups -OCH3 is 1. The first-order chi connectivity index (χ1) is 14.5. The average molecular weight is 408 g/mol. The fourth-order valence-corrected chi connectivity index (χ4v) is 4.00. The maximum absolute atomic E-state index is 12.7. The maximum atomic E-state index is 12.7. The van der Waals surface area contributed by atoms with Crippen LogP contribution >= 0.6 is 0 Å². The lowest BCUT2D eigenvalue weighted by molar-refractivity contribution is 0.104. The summed E-state index contributed by atoms with van der Waals surface area (Å²) in [7, 11) is 1.65. The number of hydrogen-bond acceptors (Lipinski definition) is 4. The maximum Gasteiger partial charge on any atom is 0.185 e. The van der Waals surface area contributed by atoms with Crippen molar-refractivity contribution < 1.29 is 14.3 Å². The van der Waals surface area contributed by atoms with E-state index in [1.807, 2.05) is 57.2 Å². The van der Waals surface area contributed by atoms with E-state index in [0.717, 1.165) is 40.3 Å². The number of carbonyl (C=O) groups is 1. The van der Waals surface area contributed by atoms with Gasteiger partial charge in [0.2, 0.25) is 0 Å². The Morgan fingerprint density at radius 2 is 1.70 bits per heavy atom. The van der Waals surface area contributed by atoms with E-state index in [1.165, 1.54) is 32.4 Å². The molecule has 4 heteroatoms. The van der Waals surface area contributed by atoms with Gasteiger partial charge >= 0.3 is 0 Å². The summed E-state index contributed by atoms with van der Waals surface area (Å²) in [5.74, 6) is 1.72. The van der Waals surface area contributed by atoms with Crippen LogP contribution in [0.5, 0.6) is 11.5 Å². The molecular weight excluding hydrogens is 374 g/mol. The summed E-state index contributed by atoms with van der Waals surface area (Å²) in [6.07, 6.45) is 7.43. The topological polar surface area (TPSA) is 38.8 Å². The van der Waals surface area contributed by atoms with E-state index in [1.54, 1.807) is 13.2 Å². The predicted octanol–water partition coefficient (Wildman–Crippen LogP) is 5.38. The summed E-state index contributed by atoms with van der Waals surface area (Å²) in [4.78, 5) is 15.2. The van der Waals surface area contributed by atoms with Gasteiger partial charge in [-0.2, -0.15) is 0 Å². The van der Waals surface area contributed by atoms with Crippen molar-refractivity contribution in [3.05, 3.63) is 64.2 Å². The van der Waals surface area contributed by atoms with Crippen LogP contribution in [0.1, 0.15) is 51.9 Å². The zero-order chi connectivity index (χ0) is 21.5. The van der Waals surface area contributed by atoms with E-state index in [-0.39, 0.29) is 5.78 Å². The van der Waals surface area contributed by atoms with Crippen molar-refractivity contribution in [1.29, 1.82) is 0 Å². The molecule has 0 atom stereocenters. The number of ether oxygens (including phenoxy) is 2. The highest BCUT2D eigenvalue weighted by Gasteiger charge is 2.13. The molecule has 1 heterocycles. The van der Waals surface area contributed by atoms with Crippen molar-refractivity contribution in [1.82, 2.24) is 4.90 Å². The van der Waals surface area contributed by atoms with Crippen LogP contribution in [0.25, 0.3) is 6.08 Å². The number of piperidine rings is 1. The second-order valence-electron chi connectivity index (χ2n) is 8.11. The standard InChI is InChI=1S/C26H33NO3/c1-19-18-24(29-4)10-8-22(19)9-11-25(28)23-16-20(2)26(21(3)17-23)30-15-14-27-12-6-5-7-13-27/h8-11,16-18H,5-7,12-15H2,1-4H3. The van der Waals surface area contributed by atoms with Gasteiger partial charge in [-0.3, -0.25) is 9.69 Å². The van der Waals surface area contributed by atoms with Gasteiger partial charge in [-0.15, -0.1) is 0 Å². The van der Waals surface area contributed by atoms with Crippen molar-refractivity contribution in [3.63, 3.8) is 0 Å². The number of allylic oxidation sites excluding steroid dienone is 1. The Morgan fingerprint density at radius 3 is 2.33 bits per heavy atom. The molecule has 2 aromatic rings. The average Bonchev–Trinajstić information content (AvgIpc) is 2.75. The summed E-state index contributed by atoms with van der Waals surface area (Å²) in [6, 6.07) is 9.69. The minimum Gasteiger partial charge on any atom is -0.497 e. The molecule has 30 heavy (non-hydrogen) atoms. The van der Waals surface area contributed by atoms with Gasteiger partial charge < -0.3 is 9.47 Å². The molecule has 0 radical (unpaired) electrons. The smallest absolute Gasteiger partial charge is 0.185 e. The van der Waals surface area contributed by atoms with Crippen LogP contribution in [0.2, 0.25) is 0 Å². The van der Waals surface area contributed by atoms with Gasteiger partial charge in [-0.05, 0) is 99.3 Å². The summed E-state index contributed by atoms with van der Waals surface area (Å²) in [5, 5.41) is 0. The Morgan fingerprint density at radius 1 is 1.00 bits per heavy atom. The summed E-state index contributed by atoms with van der Waals surface area (Å²) < 4.78 is 11.3. The molecule has 4 nitrogen and oxygen atoms in total. The quantitative estimate of drug-likeness (QED) is 0.435. The molecule has 0 amide bonds. The van der Waals surface area contributed by atoms with Crippen molar-refractivity contribution in [2.75, 3.05) is 33.4 Å². The number of aryl methyl sites for hydroxylation is 3. The van der Waals surface area contributed by atoms with E-state index < -0.39 is 0 Å². The van der Waals surface area contributed by atoms with Crippen molar-refractivity contribution >= 4 is 11.9 Å². The Kier molecular flexibility index (Phi) is 7.69. The highest BCUT2D eigenvalue weighted by Crippen LogP contribution is 2.26. The molecule has 0 saturated carbocycles. The number of benzene rings is 2. The van der Waals surface area contributed by atoms with Crippen molar-refractivity contribution in [2.45, 2.75) is 40.0 Å². The molecule has 0 aliphatic carbocycles. The number of likely N-dealkylation sites (tertiary alicyclic amines) is 1.